The molecular weight excluding hydrogens is 217 g/mol. The molecule has 3 nitrogen and oxygen atoms in total. The molecule has 0 saturated heterocycles. The normalized spacial score (nSPS) is 15.4. The molecule has 4 heteroatoms. The number of nitrogens with one attached hydrogen (secondary N) is 2. The third kappa shape index (κ3) is 2.46. The number of benzene rings is 1. The van der Waals surface area contributed by atoms with Gasteiger partial charge >= 0.3 is 0 Å². The van der Waals surface area contributed by atoms with E-state index in [0.29, 0.717) is 5.69 Å². The van der Waals surface area contributed by atoms with Gasteiger partial charge in [0.1, 0.15) is 5.82 Å². The summed E-state index contributed by atoms with van der Waals surface area (Å²) in [6.45, 7) is 1.55. The Hall–Kier alpha value is -1.84. The van der Waals surface area contributed by atoms with Gasteiger partial charge in [0.2, 0.25) is 0 Å². The van der Waals surface area contributed by atoms with Crippen LogP contribution in [-0.2, 0) is 0 Å². The van der Waals surface area contributed by atoms with Crippen LogP contribution in [0.25, 0.3) is 5.57 Å². The van der Waals surface area contributed by atoms with Gasteiger partial charge in [0.15, 0.2) is 0 Å². The second-order valence-corrected chi connectivity index (χ2v) is 4.05. The molecule has 1 heterocycles. The monoisotopic (exact) mass is 233 g/mol. The lowest BCUT2D eigenvalue weighted by molar-refractivity contribution is 0.470. The van der Waals surface area contributed by atoms with Gasteiger partial charge in [0, 0.05) is 20.1 Å². The Morgan fingerprint density at radius 2 is 2.29 bits per heavy atom. The maximum Gasteiger partial charge on any atom is 0.146 e. The number of anilines is 1. The standard InChI is InChI=1S/C13H16FN3/c1-16-13-3-2-11(8-12(13)14)10-4-6-17(9-15)7-5-10/h2-4,8-9,15-16H,5-7H2,1H3. The molecule has 1 aliphatic heterocycles. The quantitative estimate of drug-likeness (QED) is 0.622. The van der Waals surface area contributed by atoms with Gasteiger partial charge in [-0.1, -0.05) is 12.1 Å². The van der Waals surface area contributed by atoms with Crippen LogP contribution in [0.1, 0.15) is 12.0 Å². The molecule has 0 atom stereocenters. The van der Waals surface area contributed by atoms with Crippen LogP contribution in [0.15, 0.2) is 24.3 Å². The zero-order valence-corrected chi connectivity index (χ0v) is 9.83. The molecule has 1 aromatic carbocycles. The molecule has 0 fully saturated rings. The largest absolute Gasteiger partial charge is 0.386 e. The highest BCUT2D eigenvalue weighted by atomic mass is 19.1. The molecule has 0 amide bonds. The van der Waals surface area contributed by atoms with Crippen molar-refractivity contribution in [1.82, 2.24) is 4.90 Å². The molecule has 2 N–H and O–H groups in total. The van der Waals surface area contributed by atoms with Crippen LogP contribution in [0, 0.1) is 11.2 Å². The molecule has 0 saturated carbocycles. The molecule has 1 aromatic rings. The highest BCUT2D eigenvalue weighted by Crippen LogP contribution is 2.25. The first-order valence-electron chi connectivity index (χ1n) is 5.66. The number of nitrogens with zero attached hydrogens (tertiary/aromatic N) is 1. The van der Waals surface area contributed by atoms with E-state index in [0.717, 1.165) is 30.6 Å². The molecule has 2 rings (SSSR count). The first-order valence-corrected chi connectivity index (χ1v) is 5.66. The second-order valence-electron chi connectivity index (χ2n) is 4.05. The Morgan fingerprint density at radius 1 is 1.47 bits per heavy atom. The van der Waals surface area contributed by atoms with Gasteiger partial charge < -0.3 is 10.2 Å². The highest BCUT2D eigenvalue weighted by molar-refractivity contribution is 5.69. The number of hydrogen-bond donors (Lipinski definition) is 2. The first kappa shape index (κ1) is 11.6. The number of rotatable bonds is 3. The van der Waals surface area contributed by atoms with Crippen molar-refractivity contribution in [2.75, 3.05) is 25.5 Å². The van der Waals surface area contributed by atoms with Gasteiger partial charge in [0.25, 0.3) is 0 Å². The van der Waals surface area contributed by atoms with Gasteiger partial charge in [-0.25, -0.2) is 4.39 Å². The van der Waals surface area contributed by atoms with E-state index in [4.69, 9.17) is 5.41 Å². The van der Waals surface area contributed by atoms with Crippen molar-refractivity contribution in [3.8, 4) is 0 Å². The fraction of sp³-hybridized carbons (Fsp3) is 0.308. The Labute approximate surface area is 100 Å². The van der Waals surface area contributed by atoms with Crippen molar-refractivity contribution < 1.29 is 4.39 Å². The summed E-state index contributed by atoms with van der Waals surface area (Å²) in [6, 6.07) is 5.26. The third-order valence-electron chi connectivity index (χ3n) is 3.03. The van der Waals surface area contributed by atoms with E-state index in [1.807, 2.05) is 11.0 Å². The second kappa shape index (κ2) is 4.99. The van der Waals surface area contributed by atoms with E-state index >= 15 is 0 Å². The lowest BCUT2D eigenvalue weighted by atomic mass is 9.99. The van der Waals surface area contributed by atoms with Crippen LogP contribution < -0.4 is 5.32 Å². The van der Waals surface area contributed by atoms with Crippen molar-refractivity contribution in [3.63, 3.8) is 0 Å². The summed E-state index contributed by atoms with van der Waals surface area (Å²) in [4.78, 5) is 1.92. The molecular formula is C13H16FN3. The first-order chi connectivity index (χ1) is 8.24. The minimum absolute atomic E-state index is 0.222. The number of hydrogen-bond acceptors (Lipinski definition) is 2. The van der Waals surface area contributed by atoms with Crippen LogP contribution in [0.4, 0.5) is 10.1 Å². The van der Waals surface area contributed by atoms with E-state index in [9.17, 15) is 4.39 Å². The summed E-state index contributed by atoms with van der Waals surface area (Å²) < 4.78 is 13.6. The molecule has 0 bridgehead atoms. The van der Waals surface area contributed by atoms with E-state index in [1.165, 1.54) is 6.34 Å². The Balaban J connectivity index is 2.21. The number of halogens is 1. The van der Waals surface area contributed by atoms with Crippen molar-refractivity contribution in [3.05, 3.63) is 35.7 Å². The van der Waals surface area contributed by atoms with Gasteiger partial charge in [-0.3, -0.25) is 5.41 Å². The minimum Gasteiger partial charge on any atom is -0.386 e. The van der Waals surface area contributed by atoms with E-state index in [-0.39, 0.29) is 5.82 Å². The fourth-order valence-electron chi connectivity index (χ4n) is 1.98. The van der Waals surface area contributed by atoms with Crippen molar-refractivity contribution in [1.29, 1.82) is 5.41 Å². The maximum absolute atomic E-state index is 13.6. The molecule has 0 radical (unpaired) electrons. The van der Waals surface area contributed by atoms with Crippen molar-refractivity contribution in [2.24, 2.45) is 0 Å². The zero-order chi connectivity index (χ0) is 12.3. The highest BCUT2D eigenvalue weighted by Gasteiger charge is 2.11. The average Bonchev–Trinajstić information content (AvgIpc) is 2.39. The van der Waals surface area contributed by atoms with Crippen molar-refractivity contribution >= 4 is 17.6 Å². The van der Waals surface area contributed by atoms with Gasteiger partial charge in [-0.15, -0.1) is 0 Å². The van der Waals surface area contributed by atoms with Gasteiger partial charge in [-0.05, 0) is 29.7 Å². The van der Waals surface area contributed by atoms with Crippen molar-refractivity contribution in [2.45, 2.75) is 6.42 Å². The summed E-state index contributed by atoms with van der Waals surface area (Å²) in [5, 5.41) is 9.97. The molecule has 0 spiro atoms. The summed E-state index contributed by atoms with van der Waals surface area (Å²) in [6.07, 6.45) is 4.26. The Morgan fingerprint density at radius 3 is 2.82 bits per heavy atom. The van der Waals surface area contributed by atoms with E-state index in [1.54, 1.807) is 19.2 Å². The topological polar surface area (TPSA) is 39.1 Å². The summed E-state index contributed by atoms with van der Waals surface area (Å²) in [7, 11) is 1.71. The molecule has 90 valence electrons. The predicted molar refractivity (Wildman–Crippen MR) is 68.9 cm³/mol. The molecule has 1 aliphatic rings. The van der Waals surface area contributed by atoms with Crippen LogP contribution in [0.5, 0.6) is 0 Å². The average molecular weight is 233 g/mol. The fourth-order valence-corrected chi connectivity index (χ4v) is 1.98. The Bertz CT molecular complexity index is 454. The van der Waals surface area contributed by atoms with E-state index < -0.39 is 0 Å². The summed E-state index contributed by atoms with van der Waals surface area (Å²) >= 11 is 0. The lowest BCUT2D eigenvalue weighted by Gasteiger charge is -2.23. The van der Waals surface area contributed by atoms with Gasteiger partial charge in [0.05, 0.1) is 12.0 Å². The minimum atomic E-state index is -0.222. The van der Waals surface area contributed by atoms with Crippen LogP contribution in [0.3, 0.4) is 0 Å². The molecule has 0 aliphatic carbocycles. The van der Waals surface area contributed by atoms with E-state index in [2.05, 4.69) is 11.4 Å². The summed E-state index contributed by atoms with van der Waals surface area (Å²) in [5.41, 5.74) is 2.61. The Kier molecular flexibility index (Phi) is 3.42. The molecule has 0 unspecified atom stereocenters. The zero-order valence-electron chi connectivity index (χ0n) is 9.83. The summed E-state index contributed by atoms with van der Waals surface area (Å²) in [5.74, 6) is -0.222. The van der Waals surface area contributed by atoms with Crippen LogP contribution >= 0.6 is 0 Å². The SMILES string of the molecule is CNc1ccc(C2=CCN(C=N)CC2)cc1F. The maximum atomic E-state index is 13.6. The van der Waals surface area contributed by atoms with Crippen LogP contribution in [-0.4, -0.2) is 31.4 Å². The third-order valence-corrected chi connectivity index (χ3v) is 3.03. The molecule has 0 aromatic heterocycles. The molecule has 17 heavy (non-hydrogen) atoms. The van der Waals surface area contributed by atoms with Gasteiger partial charge in [-0.2, -0.15) is 0 Å². The lowest BCUT2D eigenvalue weighted by Crippen LogP contribution is -2.26. The smallest absolute Gasteiger partial charge is 0.146 e. The van der Waals surface area contributed by atoms with Crippen LogP contribution in [0.2, 0.25) is 0 Å². The predicted octanol–water partition coefficient (Wildman–Crippen LogP) is 2.56.